The minimum Gasteiger partial charge on any atom is -0.481 e. The van der Waals surface area contributed by atoms with Crippen molar-refractivity contribution in [2.45, 2.75) is 31.9 Å². The van der Waals surface area contributed by atoms with Gasteiger partial charge in [-0.3, -0.25) is 9.59 Å². The Hall–Kier alpha value is -2.75. The summed E-state index contributed by atoms with van der Waals surface area (Å²) in [7, 11) is 0. The van der Waals surface area contributed by atoms with Gasteiger partial charge in [0, 0.05) is 10.9 Å². The van der Waals surface area contributed by atoms with Crippen LogP contribution in [0.25, 0.3) is 0 Å². The zero-order valence-corrected chi connectivity index (χ0v) is 18.4. The van der Waals surface area contributed by atoms with Crippen molar-refractivity contribution in [2.24, 2.45) is 11.8 Å². The number of alkyl halides is 3. The lowest BCUT2D eigenvalue weighted by Crippen LogP contribution is -2.38. The highest BCUT2D eigenvalue weighted by Gasteiger charge is 2.40. The van der Waals surface area contributed by atoms with Gasteiger partial charge in [-0.1, -0.05) is 35.0 Å². The fourth-order valence-corrected chi connectivity index (χ4v) is 3.83. The number of rotatable bonds is 9. The number of benzene rings is 2. The highest BCUT2D eigenvalue weighted by Crippen LogP contribution is 2.37. The molecular weight excluding hydrogens is 498 g/mol. The number of amides is 1. The molecule has 2 rings (SSSR count). The third kappa shape index (κ3) is 6.15. The van der Waals surface area contributed by atoms with Gasteiger partial charge in [-0.05, 0) is 48.2 Å². The Labute approximate surface area is 189 Å². The van der Waals surface area contributed by atoms with Crippen LogP contribution < -0.4 is 5.32 Å². The van der Waals surface area contributed by atoms with E-state index in [-0.39, 0.29) is 6.07 Å². The number of aliphatic carboxylic acids is 1. The monoisotopic (exact) mass is 517 g/mol. The molecule has 0 bridgehead atoms. The molecule has 2 aromatic carbocycles. The van der Waals surface area contributed by atoms with E-state index in [1.807, 2.05) is 0 Å². The van der Waals surface area contributed by atoms with E-state index in [2.05, 4.69) is 21.2 Å². The summed E-state index contributed by atoms with van der Waals surface area (Å²) < 4.78 is 53.2. The molecule has 0 saturated heterocycles. The zero-order chi connectivity index (χ0) is 24.1. The molecular formula is C22H20BrF4NO4. The molecule has 3 unspecified atom stereocenters. The van der Waals surface area contributed by atoms with Gasteiger partial charge in [0.05, 0.1) is 23.1 Å². The van der Waals surface area contributed by atoms with Crippen molar-refractivity contribution in [1.82, 2.24) is 0 Å². The van der Waals surface area contributed by atoms with Gasteiger partial charge in [0.25, 0.3) is 0 Å². The number of carbonyl (C=O) groups excluding carboxylic acids is 2. The first-order valence-electron chi connectivity index (χ1n) is 9.59. The highest BCUT2D eigenvalue weighted by atomic mass is 79.9. The smallest absolute Gasteiger partial charge is 0.416 e. The first kappa shape index (κ1) is 25.5. The first-order valence-corrected chi connectivity index (χ1v) is 10.4. The number of aldehydes is 1. The molecule has 0 aromatic heterocycles. The summed E-state index contributed by atoms with van der Waals surface area (Å²) in [5.74, 6) is -6.98. The topological polar surface area (TPSA) is 83.5 Å². The number of carboxylic acid groups (broad SMARTS) is 1. The normalized spacial score (nSPS) is 14.3. The molecule has 10 heteroatoms. The van der Waals surface area contributed by atoms with E-state index in [9.17, 15) is 37.1 Å². The maximum Gasteiger partial charge on any atom is 0.416 e. The third-order valence-corrected chi connectivity index (χ3v) is 5.66. The Bertz CT molecular complexity index is 979. The van der Waals surface area contributed by atoms with Gasteiger partial charge in [0.15, 0.2) is 0 Å². The summed E-state index contributed by atoms with van der Waals surface area (Å²) in [5, 5.41) is 12.0. The Morgan fingerprint density at radius 1 is 1.16 bits per heavy atom. The Morgan fingerprint density at radius 2 is 1.78 bits per heavy atom. The molecule has 3 atom stereocenters. The summed E-state index contributed by atoms with van der Waals surface area (Å²) in [6.07, 6.45) is -4.51. The van der Waals surface area contributed by atoms with E-state index < -0.39 is 59.3 Å². The molecule has 0 aliphatic carbocycles. The maximum absolute atomic E-state index is 14.2. The molecule has 0 aliphatic rings. The number of halogens is 5. The zero-order valence-electron chi connectivity index (χ0n) is 16.8. The van der Waals surface area contributed by atoms with Crippen LogP contribution in [0.3, 0.4) is 0 Å². The minimum absolute atomic E-state index is 0.232. The number of hydrogen-bond donors (Lipinski definition) is 2. The lowest BCUT2D eigenvalue weighted by atomic mass is 9.75. The van der Waals surface area contributed by atoms with Crippen molar-refractivity contribution in [2.75, 3.05) is 5.32 Å². The number of carbonyl (C=O) groups is 3. The summed E-state index contributed by atoms with van der Waals surface area (Å²) >= 11 is 3.29. The first-order chi connectivity index (χ1) is 15.0. The molecule has 2 aromatic rings. The van der Waals surface area contributed by atoms with Gasteiger partial charge in [0.1, 0.15) is 12.1 Å². The predicted octanol–water partition coefficient (Wildman–Crippen LogP) is 5.65. The van der Waals surface area contributed by atoms with Crippen molar-refractivity contribution in [3.63, 3.8) is 0 Å². The fourth-order valence-electron chi connectivity index (χ4n) is 3.57. The van der Waals surface area contributed by atoms with Gasteiger partial charge in [-0.15, -0.1) is 0 Å². The summed E-state index contributed by atoms with van der Waals surface area (Å²) in [6, 6.07) is 8.38. The number of nitrogens with one attached hydrogen (secondary N) is 1. The average molecular weight is 518 g/mol. The van der Waals surface area contributed by atoms with Crippen molar-refractivity contribution in [3.8, 4) is 0 Å². The maximum atomic E-state index is 14.2. The van der Waals surface area contributed by atoms with Crippen LogP contribution in [0.4, 0.5) is 23.2 Å². The molecule has 172 valence electrons. The van der Waals surface area contributed by atoms with Crippen LogP contribution in [0.2, 0.25) is 0 Å². The Morgan fingerprint density at radius 3 is 2.25 bits per heavy atom. The third-order valence-electron chi connectivity index (χ3n) is 5.13. The fraction of sp³-hybridized carbons (Fsp3) is 0.318. The predicted molar refractivity (Wildman–Crippen MR) is 113 cm³/mol. The van der Waals surface area contributed by atoms with Crippen molar-refractivity contribution < 1.29 is 37.1 Å². The van der Waals surface area contributed by atoms with E-state index in [4.69, 9.17) is 0 Å². The summed E-state index contributed by atoms with van der Waals surface area (Å²) in [4.78, 5) is 36.2. The Kier molecular flexibility index (Phi) is 8.54. The molecule has 0 spiro atoms. The van der Waals surface area contributed by atoms with Crippen LogP contribution in [-0.2, 0) is 20.6 Å². The molecule has 0 saturated carbocycles. The standard InChI is InChI=1S/C22H20BrF4NO4/c1-2-15(12-3-6-14(23)7-4-12)19(21(31)32)16(9-10-29)20(30)28-18-8-5-13(11-17(18)24)22(25,26)27/h3-8,10-11,15-16,19H,2,9H2,1H3,(H,28,30)(H,31,32). The largest absolute Gasteiger partial charge is 0.481 e. The SMILES string of the molecule is CCC(c1ccc(Br)cc1)C(C(=O)O)C(CC=O)C(=O)Nc1ccc(C(F)(F)F)cc1F. The van der Waals surface area contributed by atoms with Gasteiger partial charge < -0.3 is 15.2 Å². The second-order valence-electron chi connectivity index (χ2n) is 7.12. The molecule has 2 N–H and O–H groups in total. The van der Waals surface area contributed by atoms with Gasteiger partial charge >= 0.3 is 12.1 Å². The molecule has 0 radical (unpaired) electrons. The van der Waals surface area contributed by atoms with E-state index in [0.29, 0.717) is 24.3 Å². The molecule has 0 aliphatic heterocycles. The molecule has 1 amide bonds. The minimum atomic E-state index is -4.77. The molecule has 32 heavy (non-hydrogen) atoms. The number of hydrogen-bond acceptors (Lipinski definition) is 3. The Balaban J connectivity index is 2.38. The van der Waals surface area contributed by atoms with Crippen molar-refractivity contribution in [3.05, 3.63) is 63.9 Å². The van der Waals surface area contributed by atoms with Crippen LogP contribution >= 0.6 is 15.9 Å². The lowest BCUT2D eigenvalue weighted by molar-refractivity contribution is -0.147. The van der Waals surface area contributed by atoms with Crippen LogP contribution in [0.1, 0.15) is 36.8 Å². The lowest BCUT2D eigenvalue weighted by Gasteiger charge is -2.29. The molecule has 5 nitrogen and oxygen atoms in total. The van der Waals surface area contributed by atoms with Crippen LogP contribution in [0.15, 0.2) is 46.9 Å². The number of carboxylic acids is 1. The second kappa shape index (κ2) is 10.7. The van der Waals surface area contributed by atoms with E-state index >= 15 is 0 Å². The van der Waals surface area contributed by atoms with Crippen LogP contribution in [0, 0.1) is 17.7 Å². The van der Waals surface area contributed by atoms with Crippen molar-refractivity contribution >= 4 is 39.8 Å². The van der Waals surface area contributed by atoms with Crippen molar-refractivity contribution in [1.29, 1.82) is 0 Å². The average Bonchev–Trinajstić information content (AvgIpc) is 2.72. The summed E-state index contributed by atoms with van der Waals surface area (Å²) in [6.45, 7) is 1.73. The summed E-state index contributed by atoms with van der Waals surface area (Å²) in [5.41, 5.74) is -1.14. The van der Waals surface area contributed by atoms with E-state index in [0.717, 1.165) is 10.5 Å². The van der Waals surface area contributed by atoms with Gasteiger partial charge in [-0.2, -0.15) is 13.2 Å². The second-order valence-corrected chi connectivity index (χ2v) is 8.04. The van der Waals surface area contributed by atoms with Gasteiger partial charge in [0.2, 0.25) is 5.91 Å². The van der Waals surface area contributed by atoms with Crippen LogP contribution in [-0.4, -0.2) is 23.3 Å². The number of anilines is 1. The quantitative estimate of drug-likeness (QED) is 0.332. The molecule has 0 fully saturated rings. The molecule has 0 heterocycles. The van der Waals surface area contributed by atoms with Crippen LogP contribution in [0.5, 0.6) is 0 Å². The van der Waals surface area contributed by atoms with E-state index in [1.54, 1.807) is 31.2 Å². The van der Waals surface area contributed by atoms with Gasteiger partial charge in [-0.25, -0.2) is 4.39 Å². The highest BCUT2D eigenvalue weighted by molar-refractivity contribution is 9.10. The van der Waals surface area contributed by atoms with E-state index in [1.165, 1.54) is 0 Å².